The van der Waals surface area contributed by atoms with Gasteiger partial charge < -0.3 is 0 Å². The van der Waals surface area contributed by atoms with Crippen LogP contribution in [0.25, 0.3) is 0 Å². The topological polar surface area (TPSA) is 0 Å². The molecule has 0 aliphatic rings. The molecule has 1 rings (SSSR count). The second-order valence-electron chi connectivity index (χ2n) is 17.3. The average Bonchev–Trinajstić information content (AvgIpc) is 3.15. The van der Waals surface area contributed by atoms with E-state index in [1.165, 1.54) is 263 Å². The summed E-state index contributed by atoms with van der Waals surface area (Å²) in [5.41, 5.74) is 6.89. The fourth-order valence-electron chi connectivity index (χ4n) is 8.57. The number of unbranched alkanes of at least 4 members (excludes halogenated alkanes) is 34. The lowest BCUT2D eigenvalue weighted by atomic mass is 9.87. The van der Waals surface area contributed by atoms with Crippen molar-refractivity contribution in [3.05, 3.63) is 41.3 Å². The van der Waals surface area contributed by atoms with Gasteiger partial charge in [0, 0.05) is 0 Å². The van der Waals surface area contributed by atoms with Gasteiger partial charge in [0.25, 0.3) is 0 Å². The quantitative estimate of drug-likeness (QED) is 0.0590. The van der Waals surface area contributed by atoms with E-state index in [1.54, 1.807) is 22.3 Å². The normalized spacial score (nSPS) is 11.6. The molecule has 305 valence electrons. The molecule has 0 N–H and O–H groups in total. The van der Waals surface area contributed by atoms with Gasteiger partial charge in [-0.05, 0) is 73.6 Å². The van der Waals surface area contributed by atoms with Crippen molar-refractivity contribution in [2.75, 3.05) is 0 Å². The van der Waals surface area contributed by atoms with Crippen molar-refractivity contribution in [1.82, 2.24) is 0 Å². The highest BCUT2D eigenvalue weighted by Crippen LogP contribution is 2.27. The maximum Gasteiger partial charge on any atom is -0.0273 e. The summed E-state index contributed by atoms with van der Waals surface area (Å²) in [6.07, 6.45) is 59.3. The Hall–Kier alpha value is -0.780. The number of hydrogen-bond acceptors (Lipinski definition) is 0. The molecule has 0 bridgehead atoms. The number of aryl methyl sites for hydroxylation is 3. The van der Waals surface area contributed by atoms with Crippen molar-refractivity contribution in [3.63, 3.8) is 0 Å². The molecule has 1 aromatic rings. The molecule has 1 aromatic carbocycles. The zero-order chi connectivity index (χ0) is 37.4. The van der Waals surface area contributed by atoms with Crippen molar-refractivity contribution in [3.8, 4) is 0 Å². The van der Waals surface area contributed by atoms with Crippen molar-refractivity contribution < 1.29 is 0 Å². The van der Waals surface area contributed by atoms with Crippen LogP contribution >= 0.6 is 0 Å². The summed E-state index contributed by atoms with van der Waals surface area (Å²) < 4.78 is 0. The highest BCUT2D eigenvalue weighted by Gasteiger charge is 2.12. The van der Waals surface area contributed by atoms with E-state index in [-0.39, 0.29) is 0 Å². The molecule has 0 aliphatic carbocycles. The monoisotopic (exact) mass is 722 g/mol. The van der Waals surface area contributed by atoms with Crippen molar-refractivity contribution in [2.45, 2.75) is 290 Å². The van der Waals surface area contributed by atoms with E-state index < -0.39 is 0 Å². The summed E-state index contributed by atoms with van der Waals surface area (Å²) in [5.74, 6) is 0. The third-order valence-corrected chi connectivity index (χ3v) is 12.1. The molecule has 0 saturated carbocycles. The van der Waals surface area contributed by atoms with Crippen molar-refractivity contribution in [1.29, 1.82) is 0 Å². The van der Waals surface area contributed by atoms with E-state index in [0.29, 0.717) is 0 Å². The first-order valence-corrected chi connectivity index (χ1v) is 24.7. The highest BCUT2D eigenvalue weighted by molar-refractivity contribution is 5.40. The molecule has 0 fully saturated rings. The minimum absolute atomic E-state index is 1.06. The molecule has 0 heterocycles. The van der Waals surface area contributed by atoms with E-state index in [1.807, 2.05) is 0 Å². The number of hydrogen-bond donors (Lipinski definition) is 0. The summed E-state index contributed by atoms with van der Waals surface area (Å²) in [4.78, 5) is 0. The molecule has 52 heavy (non-hydrogen) atoms. The van der Waals surface area contributed by atoms with E-state index in [2.05, 4.69) is 39.8 Å². The predicted molar refractivity (Wildman–Crippen MR) is 239 cm³/mol. The van der Waals surface area contributed by atoms with Crippen molar-refractivity contribution in [2.24, 2.45) is 0 Å². The molecule has 0 amide bonds. The zero-order valence-electron chi connectivity index (χ0n) is 36.6. The molecule has 0 aliphatic heterocycles. The zero-order valence-corrected chi connectivity index (χ0v) is 36.6. The molecule has 0 atom stereocenters. The van der Waals surface area contributed by atoms with Gasteiger partial charge in [0.2, 0.25) is 0 Å². The number of rotatable bonds is 42. The minimum atomic E-state index is 1.06. The average molecular weight is 722 g/mol. The minimum Gasteiger partial charge on any atom is -0.0654 e. The Bertz CT molecular complexity index is 785. The fourth-order valence-corrected chi connectivity index (χ4v) is 8.57. The summed E-state index contributed by atoms with van der Waals surface area (Å²) >= 11 is 0. The van der Waals surface area contributed by atoms with Gasteiger partial charge in [0.1, 0.15) is 0 Å². The molecular formula is C52H97. The molecular weight excluding hydrogens is 625 g/mol. The SMILES string of the molecule is [CH2]CCCc1cc(CCCCCCCCCCCCCC)c(CCCCCCCCCCCCCC)c(CCCCCCCCCCCCCC)c1. The Morgan fingerprint density at radius 2 is 0.538 bits per heavy atom. The Morgan fingerprint density at radius 3 is 0.808 bits per heavy atom. The maximum absolute atomic E-state index is 4.19. The Morgan fingerprint density at radius 1 is 0.288 bits per heavy atom. The lowest BCUT2D eigenvalue weighted by Gasteiger charge is -2.18. The summed E-state index contributed by atoms with van der Waals surface area (Å²) in [7, 11) is 0. The largest absolute Gasteiger partial charge is 0.0654 e. The number of benzene rings is 1. The van der Waals surface area contributed by atoms with Crippen LogP contribution in [0, 0.1) is 6.92 Å². The van der Waals surface area contributed by atoms with Crippen LogP contribution in [-0.2, 0) is 25.7 Å². The third-order valence-electron chi connectivity index (χ3n) is 12.1. The molecule has 0 heteroatoms. The van der Waals surface area contributed by atoms with Crippen LogP contribution in [0.15, 0.2) is 12.1 Å². The van der Waals surface area contributed by atoms with E-state index in [0.717, 1.165) is 6.42 Å². The first-order chi connectivity index (χ1) is 25.8. The summed E-state index contributed by atoms with van der Waals surface area (Å²) in [5, 5.41) is 0. The fraction of sp³-hybridized carbons (Fsp3) is 0.865. The van der Waals surface area contributed by atoms with Crippen molar-refractivity contribution >= 4 is 0 Å². The standard InChI is InChI=1S/C52H97/c1-5-9-13-16-19-22-25-28-31-34-37-40-44-50-47-49(43-12-8-4)48-51(45-41-38-35-32-29-26-23-20-17-14-10-6-2)52(50)46-42-39-36-33-30-27-24-21-18-15-11-7-3/h47-48H,4-46H2,1-3H3. The first kappa shape index (κ1) is 49.2. The predicted octanol–water partition coefficient (Wildman–Crippen LogP) is 18.6. The van der Waals surface area contributed by atoms with Crippen LogP contribution in [0.5, 0.6) is 0 Å². The van der Waals surface area contributed by atoms with Gasteiger partial charge in [-0.3, -0.25) is 0 Å². The Balaban J connectivity index is 2.61. The van der Waals surface area contributed by atoms with E-state index in [4.69, 9.17) is 0 Å². The van der Waals surface area contributed by atoms with Crippen LogP contribution in [-0.4, -0.2) is 0 Å². The van der Waals surface area contributed by atoms with Gasteiger partial charge in [-0.2, -0.15) is 0 Å². The smallest absolute Gasteiger partial charge is 0.0273 e. The van der Waals surface area contributed by atoms with Gasteiger partial charge in [-0.15, -0.1) is 0 Å². The molecule has 1 radical (unpaired) electrons. The van der Waals surface area contributed by atoms with Gasteiger partial charge in [0.05, 0.1) is 0 Å². The maximum atomic E-state index is 4.19. The van der Waals surface area contributed by atoms with Gasteiger partial charge in [0.15, 0.2) is 0 Å². The first-order valence-electron chi connectivity index (χ1n) is 24.7. The molecule has 0 unspecified atom stereocenters. The lowest BCUT2D eigenvalue weighted by molar-refractivity contribution is 0.540. The Labute approximate surface area is 330 Å². The summed E-state index contributed by atoms with van der Waals surface area (Å²) in [6, 6.07) is 5.33. The molecule has 0 saturated heterocycles. The highest BCUT2D eigenvalue weighted by atomic mass is 14.2. The van der Waals surface area contributed by atoms with Gasteiger partial charge in [-0.25, -0.2) is 0 Å². The third kappa shape index (κ3) is 30.5. The molecule has 0 spiro atoms. The summed E-state index contributed by atoms with van der Waals surface area (Å²) in [6.45, 7) is 11.1. The van der Waals surface area contributed by atoms with E-state index >= 15 is 0 Å². The van der Waals surface area contributed by atoms with Crippen LogP contribution in [0.1, 0.15) is 287 Å². The Kier molecular flexibility index (Phi) is 37.8. The van der Waals surface area contributed by atoms with E-state index in [9.17, 15) is 0 Å². The second kappa shape index (κ2) is 39.9. The van der Waals surface area contributed by atoms with Crippen LogP contribution in [0.4, 0.5) is 0 Å². The van der Waals surface area contributed by atoms with Crippen LogP contribution in [0.3, 0.4) is 0 Å². The molecule has 0 nitrogen and oxygen atoms in total. The molecule has 0 aromatic heterocycles. The van der Waals surface area contributed by atoms with Crippen LogP contribution in [0.2, 0.25) is 0 Å². The van der Waals surface area contributed by atoms with Crippen LogP contribution < -0.4 is 0 Å². The van der Waals surface area contributed by atoms with Gasteiger partial charge >= 0.3 is 0 Å². The second-order valence-corrected chi connectivity index (χ2v) is 17.3. The lowest BCUT2D eigenvalue weighted by Crippen LogP contribution is -2.05. The van der Waals surface area contributed by atoms with Gasteiger partial charge in [-0.1, -0.05) is 258 Å².